The third-order valence-corrected chi connectivity index (χ3v) is 10.3. The van der Waals surface area contributed by atoms with Gasteiger partial charge in [0.2, 0.25) is 0 Å². The van der Waals surface area contributed by atoms with Crippen LogP contribution in [0.15, 0.2) is 59.7 Å². The molecule has 2 aliphatic heterocycles. The molecule has 3 fully saturated rings. The molecular weight excluding hydrogens is 580 g/mol. The Kier molecular flexibility index (Phi) is 8.61. The van der Waals surface area contributed by atoms with Gasteiger partial charge in [0.05, 0.1) is 6.61 Å². The molecule has 242 valence electrons. The minimum Gasteiger partial charge on any atom is -0.462 e. The first-order valence-corrected chi connectivity index (χ1v) is 15.3. The number of carbonyl (C=O) groups excluding carboxylic acids is 4. The van der Waals surface area contributed by atoms with Crippen LogP contribution in [0.1, 0.15) is 66.4 Å². The van der Waals surface area contributed by atoms with E-state index in [1.807, 2.05) is 44.2 Å². The van der Waals surface area contributed by atoms with Gasteiger partial charge < -0.3 is 28.8 Å². The van der Waals surface area contributed by atoms with E-state index in [0.717, 1.165) is 5.56 Å². The molecule has 0 aromatic heterocycles. The molecule has 2 saturated carbocycles. The van der Waals surface area contributed by atoms with Crippen molar-refractivity contribution in [3.63, 3.8) is 0 Å². The van der Waals surface area contributed by atoms with Crippen molar-refractivity contribution in [1.82, 2.24) is 0 Å². The summed E-state index contributed by atoms with van der Waals surface area (Å²) in [4.78, 5) is 51.1. The molecule has 5 aliphatic rings. The van der Waals surface area contributed by atoms with Crippen LogP contribution in [0.3, 0.4) is 0 Å². The summed E-state index contributed by atoms with van der Waals surface area (Å²) in [5.74, 6) is -5.25. The highest BCUT2D eigenvalue weighted by molar-refractivity contribution is 5.87. The molecule has 0 radical (unpaired) electrons. The van der Waals surface area contributed by atoms with Crippen molar-refractivity contribution in [3.05, 3.63) is 65.3 Å². The zero-order valence-electron chi connectivity index (χ0n) is 26.7. The van der Waals surface area contributed by atoms with Gasteiger partial charge in [0.15, 0.2) is 11.9 Å². The number of hydrogen-bond donors (Lipinski definition) is 1. The Morgan fingerprint density at radius 1 is 0.978 bits per heavy atom. The Morgan fingerprint density at radius 3 is 2.24 bits per heavy atom. The normalized spacial score (nSPS) is 37.3. The first kappa shape index (κ1) is 32.6. The van der Waals surface area contributed by atoms with E-state index in [9.17, 15) is 24.3 Å². The van der Waals surface area contributed by atoms with E-state index in [2.05, 4.69) is 6.58 Å². The molecule has 0 unspecified atom stereocenters. The lowest BCUT2D eigenvalue weighted by molar-refractivity contribution is -0.284. The standard InChI is InChI=1S/C35H42O10/c1-19-26(45-27(39)14-13-24-11-9-8-10-12-24)15-16-33(6)28(19)30(42-21(3)36)25-17-35(40)20(2)29(34(25,7)18-41-35)31(43-22(4)37)32(33)44-23(5)38/h8-14,25-26,28,30-32,40H,1,15-18H2,2-7H3/t25-,26-,28-,30+,31+,32-,33+,34-,35+/m0/s1. The van der Waals surface area contributed by atoms with Gasteiger partial charge in [0.1, 0.15) is 18.3 Å². The Morgan fingerprint density at radius 2 is 1.62 bits per heavy atom. The lowest BCUT2D eigenvalue weighted by Crippen LogP contribution is -2.69. The fraction of sp³-hybridized carbons (Fsp3) is 0.543. The highest BCUT2D eigenvalue weighted by Gasteiger charge is 2.69. The highest BCUT2D eigenvalue weighted by atomic mass is 16.6. The third kappa shape index (κ3) is 5.74. The molecule has 1 aromatic carbocycles. The van der Waals surface area contributed by atoms with E-state index < -0.39 is 76.7 Å². The molecule has 1 saturated heterocycles. The van der Waals surface area contributed by atoms with E-state index in [1.54, 1.807) is 13.0 Å². The van der Waals surface area contributed by atoms with E-state index in [1.165, 1.54) is 26.8 Å². The Bertz CT molecular complexity index is 1460. The summed E-state index contributed by atoms with van der Waals surface area (Å²) in [5, 5.41) is 11.8. The third-order valence-electron chi connectivity index (χ3n) is 10.3. The van der Waals surface area contributed by atoms with Crippen LogP contribution in [0, 0.1) is 22.7 Å². The summed E-state index contributed by atoms with van der Waals surface area (Å²) in [7, 11) is 0. The molecular formula is C35H42O10. The van der Waals surface area contributed by atoms with Crippen LogP contribution in [-0.4, -0.2) is 65.8 Å². The van der Waals surface area contributed by atoms with Gasteiger partial charge >= 0.3 is 23.9 Å². The maximum absolute atomic E-state index is 13.0. The highest BCUT2D eigenvalue weighted by Crippen LogP contribution is 2.64. The lowest BCUT2D eigenvalue weighted by Gasteiger charge is -2.64. The smallest absolute Gasteiger partial charge is 0.331 e. The fourth-order valence-corrected chi connectivity index (χ4v) is 8.25. The van der Waals surface area contributed by atoms with Gasteiger partial charge in [-0.25, -0.2) is 4.79 Å². The molecule has 0 spiro atoms. The van der Waals surface area contributed by atoms with E-state index >= 15 is 0 Å². The second-order valence-corrected chi connectivity index (χ2v) is 13.2. The van der Waals surface area contributed by atoms with Gasteiger partial charge in [-0.05, 0) is 48.1 Å². The molecule has 0 amide bonds. The van der Waals surface area contributed by atoms with Crippen LogP contribution >= 0.6 is 0 Å². The number of carbonyl (C=O) groups is 4. The van der Waals surface area contributed by atoms with Crippen LogP contribution in [0.25, 0.3) is 6.08 Å². The number of ether oxygens (including phenoxy) is 5. The number of rotatable bonds is 6. The second-order valence-electron chi connectivity index (χ2n) is 13.2. The van der Waals surface area contributed by atoms with E-state index in [0.29, 0.717) is 29.6 Å². The number of fused-ring (bicyclic) bond motifs is 2. The van der Waals surface area contributed by atoms with Gasteiger partial charge in [-0.15, -0.1) is 0 Å². The summed E-state index contributed by atoms with van der Waals surface area (Å²) >= 11 is 0. The minimum atomic E-state index is -1.73. The maximum atomic E-state index is 13.0. The molecule has 9 atom stereocenters. The van der Waals surface area contributed by atoms with E-state index in [-0.39, 0.29) is 13.0 Å². The van der Waals surface area contributed by atoms with Crippen molar-refractivity contribution >= 4 is 30.0 Å². The largest absolute Gasteiger partial charge is 0.462 e. The van der Waals surface area contributed by atoms with Crippen LogP contribution in [-0.2, 0) is 42.9 Å². The zero-order chi connectivity index (χ0) is 32.9. The molecule has 45 heavy (non-hydrogen) atoms. The van der Waals surface area contributed by atoms with Crippen LogP contribution in [0.2, 0.25) is 0 Å². The van der Waals surface area contributed by atoms with Gasteiger partial charge in [0.25, 0.3) is 0 Å². The molecule has 2 heterocycles. The summed E-state index contributed by atoms with van der Waals surface area (Å²) in [6, 6.07) is 9.34. The van der Waals surface area contributed by atoms with Crippen molar-refractivity contribution in [2.45, 2.75) is 91.0 Å². The first-order valence-electron chi connectivity index (χ1n) is 15.3. The topological polar surface area (TPSA) is 135 Å². The van der Waals surface area contributed by atoms with Crippen molar-refractivity contribution in [2.75, 3.05) is 6.61 Å². The second kappa shape index (κ2) is 11.9. The average Bonchev–Trinajstić information content (AvgIpc) is 2.96. The van der Waals surface area contributed by atoms with Crippen LogP contribution in [0.5, 0.6) is 0 Å². The number of esters is 4. The molecule has 6 rings (SSSR count). The average molecular weight is 623 g/mol. The summed E-state index contributed by atoms with van der Waals surface area (Å²) in [6.45, 7) is 13.9. The van der Waals surface area contributed by atoms with Crippen molar-refractivity contribution < 1.29 is 48.0 Å². The summed E-state index contributed by atoms with van der Waals surface area (Å²) in [6.07, 6.45) is 0.0508. The predicted molar refractivity (Wildman–Crippen MR) is 162 cm³/mol. The Labute approximate surface area is 263 Å². The van der Waals surface area contributed by atoms with Crippen molar-refractivity contribution in [3.8, 4) is 0 Å². The molecule has 3 aliphatic carbocycles. The first-order chi connectivity index (χ1) is 21.1. The van der Waals surface area contributed by atoms with E-state index in [4.69, 9.17) is 23.7 Å². The molecule has 1 N–H and O–H groups in total. The van der Waals surface area contributed by atoms with Crippen molar-refractivity contribution in [2.24, 2.45) is 22.7 Å². The summed E-state index contributed by atoms with van der Waals surface area (Å²) < 4.78 is 30.1. The monoisotopic (exact) mass is 622 g/mol. The van der Waals surface area contributed by atoms with Crippen molar-refractivity contribution in [1.29, 1.82) is 0 Å². The van der Waals surface area contributed by atoms with Gasteiger partial charge in [0, 0.05) is 55.9 Å². The van der Waals surface area contributed by atoms with Crippen LogP contribution in [0.4, 0.5) is 0 Å². The van der Waals surface area contributed by atoms with Gasteiger partial charge in [-0.2, -0.15) is 0 Å². The minimum absolute atomic E-state index is 0.0434. The maximum Gasteiger partial charge on any atom is 0.331 e. The number of hydrogen-bond acceptors (Lipinski definition) is 10. The molecule has 10 heteroatoms. The molecule has 1 aromatic rings. The Hall–Kier alpha value is -3.76. The summed E-state index contributed by atoms with van der Waals surface area (Å²) in [5.41, 5.74) is 0.503. The SMILES string of the molecule is C=C1[C@@H](OC(=O)C=Cc2ccccc2)CC[C@@]2(C)[C@@H](OC(C)=O)[C@H](OC(C)=O)C3=C(C)[C@@]4(O)C[C@@H]([C@@H](OC(C)=O)[C@H]12)[C@]3(C)CO4. The molecule has 10 nitrogen and oxygen atoms in total. The van der Waals surface area contributed by atoms with Gasteiger partial charge in [-0.3, -0.25) is 14.4 Å². The number of benzene rings is 1. The quantitative estimate of drug-likeness (QED) is 0.210. The van der Waals surface area contributed by atoms with Gasteiger partial charge in [-0.1, -0.05) is 50.8 Å². The predicted octanol–water partition coefficient (Wildman–Crippen LogP) is 4.45. The number of aliphatic hydroxyl groups is 1. The lowest BCUT2D eigenvalue weighted by atomic mass is 9.48. The molecule has 4 bridgehead atoms. The van der Waals surface area contributed by atoms with Crippen LogP contribution < -0.4 is 0 Å². The fourth-order valence-electron chi connectivity index (χ4n) is 8.25. The zero-order valence-corrected chi connectivity index (χ0v) is 26.7. The Balaban J connectivity index is 1.64.